The lowest BCUT2D eigenvalue weighted by Gasteiger charge is -2.19. The van der Waals surface area contributed by atoms with Gasteiger partial charge in [-0.3, -0.25) is 4.79 Å². The summed E-state index contributed by atoms with van der Waals surface area (Å²) in [7, 11) is 0. The number of carbonyl (C=O) groups excluding carboxylic acids is 1. The summed E-state index contributed by atoms with van der Waals surface area (Å²) in [5, 5.41) is 0. The lowest BCUT2D eigenvalue weighted by molar-refractivity contribution is 0.0963. The Labute approximate surface area is 159 Å². The van der Waals surface area contributed by atoms with E-state index in [1.165, 1.54) is 16.7 Å². The highest BCUT2D eigenvalue weighted by Crippen LogP contribution is 2.35. The summed E-state index contributed by atoms with van der Waals surface area (Å²) in [6.45, 7) is 0.919. The molecule has 0 fully saturated rings. The van der Waals surface area contributed by atoms with Crippen LogP contribution in [0.1, 0.15) is 33.5 Å². The van der Waals surface area contributed by atoms with Crippen molar-refractivity contribution in [3.05, 3.63) is 89.1 Å². The summed E-state index contributed by atoms with van der Waals surface area (Å²) in [5.74, 6) is 1.63. The maximum Gasteiger partial charge on any atom is 0.163 e. The average molecular weight is 354 g/mol. The Bertz CT molecular complexity index is 971. The van der Waals surface area contributed by atoms with Crippen LogP contribution in [0.25, 0.3) is 0 Å². The molecule has 2 heterocycles. The summed E-state index contributed by atoms with van der Waals surface area (Å²) in [6.07, 6.45) is 5.48. The molecule has 0 N–H and O–H groups in total. The first-order valence-electron chi connectivity index (χ1n) is 9.69. The predicted octanol–water partition coefficient (Wildman–Crippen LogP) is 4.76. The van der Waals surface area contributed by atoms with Crippen LogP contribution in [0.2, 0.25) is 0 Å². The van der Waals surface area contributed by atoms with E-state index >= 15 is 0 Å². The third-order valence-corrected chi connectivity index (χ3v) is 5.84. The van der Waals surface area contributed by atoms with Crippen molar-refractivity contribution in [2.24, 2.45) is 5.92 Å². The molecule has 0 bridgehead atoms. The van der Waals surface area contributed by atoms with E-state index in [1.807, 2.05) is 30.5 Å². The summed E-state index contributed by atoms with van der Waals surface area (Å²) in [6, 6.07) is 20.7. The summed E-state index contributed by atoms with van der Waals surface area (Å²) in [4.78, 5) is 19.7. The van der Waals surface area contributed by atoms with Crippen LogP contribution in [0, 0.1) is 5.92 Å². The van der Waals surface area contributed by atoms with Gasteiger partial charge < -0.3 is 4.90 Å². The van der Waals surface area contributed by atoms with Gasteiger partial charge in [0.2, 0.25) is 0 Å². The van der Waals surface area contributed by atoms with Gasteiger partial charge in [0, 0.05) is 30.4 Å². The lowest BCUT2D eigenvalue weighted by Crippen LogP contribution is -2.15. The molecule has 134 valence electrons. The fraction of sp³-hybridized carbons (Fsp3) is 0.250. The molecule has 0 atom stereocenters. The fourth-order valence-electron chi connectivity index (χ4n) is 4.48. The standard InChI is InChI=1S/C24H22N2O/c27-23(15-17-13-19-5-1-2-6-20(19)14-17)21-9-8-18-10-12-26(22(18)16-21)24-7-3-4-11-25-24/h1-9,11,16-17H,10,12-15H2. The molecule has 2 aromatic carbocycles. The highest BCUT2D eigenvalue weighted by Gasteiger charge is 2.26. The van der Waals surface area contributed by atoms with Gasteiger partial charge in [-0.1, -0.05) is 42.5 Å². The van der Waals surface area contributed by atoms with Gasteiger partial charge in [0.15, 0.2) is 5.78 Å². The van der Waals surface area contributed by atoms with Gasteiger partial charge in [-0.2, -0.15) is 0 Å². The summed E-state index contributed by atoms with van der Waals surface area (Å²) in [5.41, 5.74) is 6.07. The first-order chi connectivity index (χ1) is 13.3. The van der Waals surface area contributed by atoms with Crippen molar-refractivity contribution in [3.63, 3.8) is 0 Å². The number of benzene rings is 2. The van der Waals surface area contributed by atoms with Crippen molar-refractivity contribution in [1.82, 2.24) is 4.98 Å². The second-order valence-electron chi connectivity index (χ2n) is 7.60. The topological polar surface area (TPSA) is 33.2 Å². The Morgan fingerprint density at radius 1 is 0.963 bits per heavy atom. The molecule has 1 aliphatic heterocycles. The molecule has 1 aromatic heterocycles. The van der Waals surface area contributed by atoms with Crippen molar-refractivity contribution in [3.8, 4) is 0 Å². The van der Waals surface area contributed by atoms with Crippen LogP contribution < -0.4 is 4.90 Å². The number of aromatic nitrogens is 1. The maximum absolute atomic E-state index is 13.0. The van der Waals surface area contributed by atoms with E-state index in [4.69, 9.17) is 0 Å². The minimum Gasteiger partial charge on any atom is -0.326 e. The number of fused-ring (bicyclic) bond motifs is 2. The lowest BCUT2D eigenvalue weighted by atomic mass is 9.95. The number of hydrogen-bond acceptors (Lipinski definition) is 3. The molecule has 3 nitrogen and oxygen atoms in total. The van der Waals surface area contributed by atoms with E-state index in [1.54, 1.807) is 0 Å². The second kappa shape index (κ2) is 6.66. The largest absolute Gasteiger partial charge is 0.326 e. The summed E-state index contributed by atoms with van der Waals surface area (Å²) >= 11 is 0. The van der Waals surface area contributed by atoms with Crippen LogP contribution in [-0.2, 0) is 19.3 Å². The third-order valence-electron chi connectivity index (χ3n) is 5.84. The van der Waals surface area contributed by atoms with Gasteiger partial charge in [-0.25, -0.2) is 4.98 Å². The highest BCUT2D eigenvalue weighted by atomic mass is 16.1. The minimum absolute atomic E-state index is 0.253. The van der Waals surface area contributed by atoms with E-state index in [-0.39, 0.29) is 5.78 Å². The van der Waals surface area contributed by atoms with Crippen molar-refractivity contribution >= 4 is 17.3 Å². The Hall–Kier alpha value is -2.94. The molecule has 2 aliphatic rings. The van der Waals surface area contributed by atoms with E-state index in [0.29, 0.717) is 12.3 Å². The van der Waals surface area contributed by atoms with Crippen molar-refractivity contribution < 1.29 is 4.79 Å². The molecule has 0 radical (unpaired) electrons. The molecule has 0 saturated heterocycles. The fourth-order valence-corrected chi connectivity index (χ4v) is 4.48. The van der Waals surface area contributed by atoms with Crippen LogP contribution in [0.4, 0.5) is 11.5 Å². The van der Waals surface area contributed by atoms with Gasteiger partial charge in [0.05, 0.1) is 0 Å². The van der Waals surface area contributed by atoms with Gasteiger partial charge in [-0.05, 0) is 60.1 Å². The average Bonchev–Trinajstić information content (AvgIpc) is 3.31. The number of anilines is 2. The van der Waals surface area contributed by atoms with Gasteiger partial charge in [-0.15, -0.1) is 0 Å². The van der Waals surface area contributed by atoms with Crippen LogP contribution in [-0.4, -0.2) is 17.3 Å². The number of Topliss-reactive ketones (excluding diaryl/α,β-unsaturated/α-hetero) is 1. The Kier molecular flexibility index (Phi) is 4.01. The number of rotatable bonds is 4. The SMILES string of the molecule is O=C(CC1Cc2ccccc2C1)c1ccc2c(c1)N(c1ccccn1)CC2. The number of hydrogen-bond donors (Lipinski definition) is 0. The molecule has 0 saturated carbocycles. The smallest absolute Gasteiger partial charge is 0.163 e. The quantitative estimate of drug-likeness (QED) is 0.633. The molecule has 0 amide bonds. The predicted molar refractivity (Wildman–Crippen MR) is 108 cm³/mol. The zero-order chi connectivity index (χ0) is 18.2. The number of pyridine rings is 1. The van der Waals surface area contributed by atoms with E-state index in [9.17, 15) is 4.79 Å². The van der Waals surface area contributed by atoms with Crippen molar-refractivity contribution in [1.29, 1.82) is 0 Å². The Morgan fingerprint density at radius 2 is 1.74 bits per heavy atom. The van der Waals surface area contributed by atoms with E-state index in [0.717, 1.165) is 42.9 Å². The first kappa shape index (κ1) is 16.2. The molecule has 0 unspecified atom stereocenters. The van der Waals surface area contributed by atoms with E-state index in [2.05, 4.69) is 46.3 Å². The molecule has 5 rings (SSSR count). The molecule has 3 aromatic rings. The molecular formula is C24H22N2O. The zero-order valence-corrected chi connectivity index (χ0v) is 15.3. The van der Waals surface area contributed by atoms with Gasteiger partial charge in [0.1, 0.15) is 5.82 Å². The zero-order valence-electron chi connectivity index (χ0n) is 15.3. The molecule has 27 heavy (non-hydrogen) atoms. The van der Waals surface area contributed by atoms with Crippen LogP contribution in [0.5, 0.6) is 0 Å². The summed E-state index contributed by atoms with van der Waals surface area (Å²) < 4.78 is 0. The van der Waals surface area contributed by atoms with Gasteiger partial charge >= 0.3 is 0 Å². The van der Waals surface area contributed by atoms with Crippen LogP contribution in [0.3, 0.4) is 0 Å². The third kappa shape index (κ3) is 3.03. The minimum atomic E-state index is 0.253. The molecule has 3 heteroatoms. The number of nitrogens with zero attached hydrogens (tertiary/aromatic N) is 2. The molecular weight excluding hydrogens is 332 g/mol. The highest BCUT2D eigenvalue weighted by molar-refractivity contribution is 5.97. The van der Waals surface area contributed by atoms with Crippen LogP contribution >= 0.6 is 0 Å². The Balaban J connectivity index is 1.35. The number of ketones is 1. The van der Waals surface area contributed by atoms with Crippen molar-refractivity contribution in [2.45, 2.75) is 25.7 Å². The number of carbonyl (C=O) groups is 1. The second-order valence-corrected chi connectivity index (χ2v) is 7.60. The van der Waals surface area contributed by atoms with Crippen molar-refractivity contribution in [2.75, 3.05) is 11.4 Å². The Morgan fingerprint density at radius 3 is 2.48 bits per heavy atom. The molecule has 0 spiro atoms. The molecule has 1 aliphatic carbocycles. The van der Waals surface area contributed by atoms with E-state index < -0.39 is 0 Å². The van der Waals surface area contributed by atoms with Crippen LogP contribution in [0.15, 0.2) is 66.9 Å². The monoisotopic (exact) mass is 354 g/mol. The normalized spacial score (nSPS) is 15.6. The van der Waals surface area contributed by atoms with Gasteiger partial charge in [0.25, 0.3) is 0 Å². The first-order valence-corrected chi connectivity index (χ1v) is 9.69. The maximum atomic E-state index is 13.0.